The molecule has 0 saturated heterocycles. The monoisotopic (exact) mass is 439 g/mol. The maximum atomic E-state index is 12.6. The summed E-state index contributed by atoms with van der Waals surface area (Å²) in [5, 5.41) is 8.14. The van der Waals surface area contributed by atoms with Gasteiger partial charge >= 0.3 is 5.97 Å². The highest BCUT2D eigenvalue weighted by Gasteiger charge is 2.16. The Morgan fingerprint density at radius 2 is 2.00 bits per heavy atom. The van der Waals surface area contributed by atoms with Crippen LogP contribution in [0, 0.1) is 0 Å². The van der Waals surface area contributed by atoms with Gasteiger partial charge in [-0.1, -0.05) is 19.4 Å². The number of hydrogen-bond donors (Lipinski definition) is 2. The summed E-state index contributed by atoms with van der Waals surface area (Å²) >= 11 is 1.31. The summed E-state index contributed by atoms with van der Waals surface area (Å²) in [6.07, 6.45) is 1.76. The Kier molecular flexibility index (Phi) is 6.32. The van der Waals surface area contributed by atoms with Gasteiger partial charge in [-0.3, -0.25) is 4.79 Å². The van der Waals surface area contributed by atoms with Gasteiger partial charge in [0, 0.05) is 22.8 Å². The number of hydrogen-bond acceptors (Lipinski definition) is 8. The highest BCUT2D eigenvalue weighted by atomic mass is 32.1. The van der Waals surface area contributed by atoms with E-state index in [1.807, 2.05) is 25.1 Å². The second-order valence-electron chi connectivity index (χ2n) is 6.76. The van der Waals surface area contributed by atoms with Crippen LogP contribution < -0.4 is 20.1 Å². The molecule has 1 aromatic heterocycles. The quantitative estimate of drug-likeness (QED) is 0.383. The van der Waals surface area contributed by atoms with E-state index in [0.717, 1.165) is 18.5 Å². The molecule has 0 fully saturated rings. The zero-order chi connectivity index (χ0) is 21.6. The molecule has 31 heavy (non-hydrogen) atoms. The minimum atomic E-state index is -0.409. The van der Waals surface area contributed by atoms with Crippen LogP contribution in [-0.4, -0.2) is 30.3 Å². The molecule has 2 aromatic carbocycles. The van der Waals surface area contributed by atoms with Gasteiger partial charge in [0.15, 0.2) is 16.6 Å². The number of thiazole rings is 1. The number of fused-ring (bicyclic) bond motifs is 1. The molecule has 0 bridgehead atoms. The van der Waals surface area contributed by atoms with E-state index in [1.165, 1.54) is 11.3 Å². The van der Waals surface area contributed by atoms with Crippen molar-refractivity contribution in [1.29, 1.82) is 0 Å². The molecule has 0 aliphatic carbocycles. The summed E-state index contributed by atoms with van der Waals surface area (Å²) in [5.74, 6) is 0.578. The molecule has 1 aliphatic rings. The van der Waals surface area contributed by atoms with Gasteiger partial charge in [-0.2, -0.15) is 0 Å². The number of rotatable bonds is 8. The first kappa shape index (κ1) is 20.7. The third-order valence-electron chi connectivity index (χ3n) is 4.45. The van der Waals surface area contributed by atoms with Crippen molar-refractivity contribution >= 4 is 39.7 Å². The molecule has 8 nitrogen and oxygen atoms in total. The fraction of sp³-hybridized carbons (Fsp3) is 0.227. The van der Waals surface area contributed by atoms with Gasteiger partial charge in [0.25, 0.3) is 5.91 Å². The Balaban J connectivity index is 1.38. The van der Waals surface area contributed by atoms with Gasteiger partial charge in [-0.05, 0) is 36.8 Å². The molecule has 0 saturated carbocycles. The van der Waals surface area contributed by atoms with Crippen molar-refractivity contribution in [3.05, 3.63) is 59.1 Å². The third kappa shape index (κ3) is 5.13. The lowest BCUT2D eigenvalue weighted by Gasteiger charge is -2.07. The predicted molar refractivity (Wildman–Crippen MR) is 118 cm³/mol. The number of anilines is 3. The minimum Gasteiger partial charge on any atom is -0.462 e. The van der Waals surface area contributed by atoms with Crippen molar-refractivity contribution in [3.8, 4) is 11.5 Å². The van der Waals surface area contributed by atoms with E-state index in [0.29, 0.717) is 34.5 Å². The van der Waals surface area contributed by atoms with Crippen molar-refractivity contribution in [2.45, 2.75) is 19.8 Å². The minimum absolute atomic E-state index is 0.206. The molecule has 0 atom stereocenters. The number of carbonyl (C=O) groups excluding carboxylic acids is 2. The first-order chi connectivity index (χ1) is 15.1. The zero-order valence-electron chi connectivity index (χ0n) is 16.8. The maximum absolute atomic E-state index is 12.6. The number of nitrogens with one attached hydrogen (secondary N) is 2. The molecule has 1 amide bonds. The normalized spacial score (nSPS) is 11.8. The van der Waals surface area contributed by atoms with Gasteiger partial charge in [0.1, 0.15) is 5.69 Å². The summed E-state index contributed by atoms with van der Waals surface area (Å²) in [6, 6.07) is 12.1. The van der Waals surface area contributed by atoms with Crippen LogP contribution in [0.25, 0.3) is 0 Å². The van der Waals surface area contributed by atoms with Gasteiger partial charge in [-0.15, -0.1) is 11.3 Å². The van der Waals surface area contributed by atoms with Gasteiger partial charge < -0.3 is 24.8 Å². The summed E-state index contributed by atoms with van der Waals surface area (Å²) in [6.45, 7) is 2.61. The number of amides is 1. The van der Waals surface area contributed by atoms with E-state index in [-0.39, 0.29) is 18.4 Å². The standard InChI is InChI=1S/C22H21N3O5S/c1-2-3-9-28-21(27)14-5-4-6-15(10-14)23-20(26)17-12-31-22(25-17)24-16-7-8-18-19(11-16)30-13-29-18/h4-8,10-12H,2-3,9,13H2,1H3,(H,23,26)(H,24,25). The lowest BCUT2D eigenvalue weighted by atomic mass is 10.2. The molecule has 2 heterocycles. The van der Waals surface area contributed by atoms with E-state index in [4.69, 9.17) is 14.2 Å². The van der Waals surface area contributed by atoms with Gasteiger partial charge in [0.05, 0.1) is 12.2 Å². The Bertz CT molecular complexity index is 1100. The number of unbranched alkanes of at least 4 members (excludes halogenated alkanes) is 1. The number of benzene rings is 2. The number of ether oxygens (including phenoxy) is 3. The maximum Gasteiger partial charge on any atom is 0.338 e. The van der Waals surface area contributed by atoms with E-state index in [1.54, 1.807) is 29.6 Å². The van der Waals surface area contributed by atoms with Crippen molar-refractivity contribution in [2.24, 2.45) is 0 Å². The summed E-state index contributed by atoms with van der Waals surface area (Å²) in [7, 11) is 0. The SMILES string of the molecule is CCCCOC(=O)c1cccc(NC(=O)c2csc(Nc3ccc4c(c3)OCO4)n2)c1. The predicted octanol–water partition coefficient (Wildman–Crippen LogP) is 4.82. The average Bonchev–Trinajstić information content (AvgIpc) is 3.43. The zero-order valence-corrected chi connectivity index (χ0v) is 17.7. The summed E-state index contributed by atoms with van der Waals surface area (Å²) in [4.78, 5) is 29.0. The van der Waals surface area contributed by atoms with Crippen LogP contribution in [0.3, 0.4) is 0 Å². The van der Waals surface area contributed by atoms with Crippen LogP contribution in [0.5, 0.6) is 11.5 Å². The molecular formula is C22H21N3O5S. The second-order valence-corrected chi connectivity index (χ2v) is 7.61. The smallest absolute Gasteiger partial charge is 0.338 e. The van der Waals surface area contributed by atoms with Crippen molar-refractivity contribution in [1.82, 2.24) is 4.98 Å². The van der Waals surface area contributed by atoms with E-state index >= 15 is 0 Å². The molecular weight excluding hydrogens is 418 g/mol. The lowest BCUT2D eigenvalue weighted by Crippen LogP contribution is -2.13. The van der Waals surface area contributed by atoms with Crippen molar-refractivity contribution in [2.75, 3.05) is 24.0 Å². The van der Waals surface area contributed by atoms with Crippen LogP contribution in [0.2, 0.25) is 0 Å². The topological polar surface area (TPSA) is 98.8 Å². The Morgan fingerprint density at radius 1 is 1.13 bits per heavy atom. The van der Waals surface area contributed by atoms with Crippen LogP contribution in [0.1, 0.15) is 40.6 Å². The largest absolute Gasteiger partial charge is 0.462 e. The fourth-order valence-corrected chi connectivity index (χ4v) is 3.56. The van der Waals surface area contributed by atoms with Crippen LogP contribution in [0.4, 0.5) is 16.5 Å². The third-order valence-corrected chi connectivity index (χ3v) is 5.21. The first-order valence-corrected chi connectivity index (χ1v) is 10.7. The molecule has 2 N–H and O–H groups in total. The second kappa shape index (κ2) is 9.48. The molecule has 160 valence electrons. The van der Waals surface area contributed by atoms with Crippen LogP contribution in [-0.2, 0) is 4.74 Å². The molecule has 3 aromatic rings. The number of esters is 1. The van der Waals surface area contributed by atoms with E-state index in [2.05, 4.69) is 15.6 Å². The molecule has 1 aliphatic heterocycles. The van der Waals surface area contributed by atoms with E-state index in [9.17, 15) is 9.59 Å². The van der Waals surface area contributed by atoms with Crippen molar-refractivity contribution in [3.63, 3.8) is 0 Å². The Labute approximate surface area is 183 Å². The average molecular weight is 439 g/mol. The molecule has 4 rings (SSSR count). The first-order valence-electron chi connectivity index (χ1n) is 9.83. The summed E-state index contributed by atoms with van der Waals surface area (Å²) in [5.41, 5.74) is 1.93. The van der Waals surface area contributed by atoms with E-state index < -0.39 is 5.97 Å². The molecule has 0 spiro atoms. The van der Waals surface area contributed by atoms with Gasteiger partial charge in [0.2, 0.25) is 6.79 Å². The highest BCUT2D eigenvalue weighted by molar-refractivity contribution is 7.14. The van der Waals surface area contributed by atoms with Crippen LogP contribution in [0.15, 0.2) is 47.8 Å². The molecule has 9 heteroatoms. The summed E-state index contributed by atoms with van der Waals surface area (Å²) < 4.78 is 15.9. The Hall–Kier alpha value is -3.59. The van der Waals surface area contributed by atoms with Gasteiger partial charge in [-0.25, -0.2) is 9.78 Å². The number of carbonyl (C=O) groups is 2. The number of nitrogens with zero attached hydrogens (tertiary/aromatic N) is 1. The molecule has 0 unspecified atom stereocenters. The molecule has 0 radical (unpaired) electrons. The fourth-order valence-electron chi connectivity index (χ4n) is 2.84. The number of aromatic nitrogens is 1. The lowest BCUT2D eigenvalue weighted by molar-refractivity contribution is 0.0499. The van der Waals surface area contributed by atoms with Crippen molar-refractivity contribution < 1.29 is 23.8 Å². The Morgan fingerprint density at radius 3 is 2.87 bits per heavy atom. The highest BCUT2D eigenvalue weighted by Crippen LogP contribution is 2.35. The van der Waals surface area contributed by atoms with Crippen LogP contribution >= 0.6 is 11.3 Å².